The van der Waals surface area contributed by atoms with Gasteiger partial charge in [-0.05, 0) is 30.5 Å². The minimum atomic E-state index is -0.796. The Labute approximate surface area is 164 Å². The Morgan fingerprint density at radius 2 is 2.07 bits per heavy atom. The molecule has 1 amide bonds. The number of benzene rings is 1. The zero-order chi connectivity index (χ0) is 19.8. The second-order valence-corrected chi connectivity index (χ2v) is 7.19. The van der Waals surface area contributed by atoms with E-state index in [1.54, 1.807) is 43.3 Å². The van der Waals surface area contributed by atoms with Crippen LogP contribution in [0.5, 0.6) is 5.75 Å². The van der Waals surface area contributed by atoms with Gasteiger partial charge in [-0.25, -0.2) is 0 Å². The van der Waals surface area contributed by atoms with Crippen LogP contribution in [0.15, 0.2) is 57.9 Å². The first-order valence-corrected chi connectivity index (χ1v) is 9.31. The molecule has 1 N–H and O–H groups in total. The monoisotopic (exact) mass is 396 g/mol. The van der Waals surface area contributed by atoms with Crippen molar-refractivity contribution in [3.8, 4) is 5.75 Å². The van der Waals surface area contributed by atoms with Crippen LogP contribution in [0.1, 0.15) is 22.2 Å². The van der Waals surface area contributed by atoms with Crippen molar-refractivity contribution in [1.29, 1.82) is 0 Å². The molecule has 1 saturated heterocycles. The zero-order valence-corrected chi connectivity index (χ0v) is 15.9. The number of aromatic nitrogens is 1. The van der Waals surface area contributed by atoms with E-state index in [2.05, 4.69) is 5.16 Å². The van der Waals surface area contributed by atoms with Crippen molar-refractivity contribution in [2.24, 2.45) is 0 Å². The summed E-state index contributed by atoms with van der Waals surface area (Å²) < 4.78 is 10.3. The quantitative estimate of drug-likeness (QED) is 0.411. The van der Waals surface area contributed by atoms with Crippen molar-refractivity contribution >= 4 is 34.6 Å². The highest BCUT2D eigenvalue weighted by atomic mass is 32.1. The van der Waals surface area contributed by atoms with E-state index in [0.29, 0.717) is 17.1 Å². The van der Waals surface area contributed by atoms with Gasteiger partial charge in [0.05, 0.1) is 12.7 Å². The normalized spacial score (nSPS) is 18.6. The van der Waals surface area contributed by atoms with E-state index in [9.17, 15) is 14.7 Å². The standard InChI is InChI=1S/C20H16N2O5S/c1-11-9-15(21-27-11)22-17(14-7-4-8-28-14)16(19(24)20(22)25)18(23)12-5-3-6-13(10-12)26-2/h3-10,17,23H,1-2H3/b18-16-/t17-/m0/s1. The van der Waals surface area contributed by atoms with Crippen molar-refractivity contribution in [2.75, 3.05) is 12.0 Å². The minimum absolute atomic E-state index is 0.00126. The molecular weight excluding hydrogens is 380 g/mol. The topological polar surface area (TPSA) is 92.9 Å². The van der Waals surface area contributed by atoms with Crippen molar-refractivity contribution in [3.05, 3.63) is 69.6 Å². The third-order valence-electron chi connectivity index (χ3n) is 4.46. The number of hydrogen-bond acceptors (Lipinski definition) is 7. The number of methoxy groups -OCH3 is 1. The van der Waals surface area contributed by atoms with Crippen molar-refractivity contribution < 1.29 is 24.0 Å². The lowest BCUT2D eigenvalue weighted by Gasteiger charge is -2.21. The summed E-state index contributed by atoms with van der Waals surface area (Å²) in [4.78, 5) is 27.7. The number of carbonyl (C=O) groups excluding carboxylic acids is 2. The van der Waals surface area contributed by atoms with Crippen LogP contribution in [0.4, 0.5) is 5.82 Å². The third kappa shape index (κ3) is 2.87. The van der Waals surface area contributed by atoms with E-state index in [1.165, 1.54) is 23.3 Å². The Balaban J connectivity index is 1.92. The maximum atomic E-state index is 12.9. The highest BCUT2D eigenvalue weighted by Crippen LogP contribution is 2.43. The molecule has 0 aliphatic carbocycles. The second kappa shape index (κ2) is 6.97. The number of ketones is 1. The van der Waals surface area contributed by atoms with Gasteiger partial charge in [0.15, 0.2) is 5.82 Å². The molecule has 7 nitrogen and oxygen atoms in total. The lowest BCUT2D eigenvalue weighted by Crippen LogP contribution is -2.29. The lowest BCUT2D eigenvalue weighted by molar-refractivity contribution is -0.132. The molecule has 0 spiro atoms. The molecule has 28 heavy (non-hydrogen) atoms. The summed E-state index contributed by atoms with van der Waals surface area (Å²) in [6, 6.07) is 11.1. The summed E-state index contributed by atoms with van der Waals surface area (Å²) in [6.07, 6.45) is 0. The van der Waals surface area contributed by atoms with Gasteiger partial charge in [0.2, 0.25) is 0 Å². The van der Waals surface area contributed by atoms with Crippen LogP contribution in [0, 0.1) is 6.92 Å². The fraction of sp³-hybridized carbons (Fsp3) is 0.150. The Bertz CT molecular complexity index is 1080. The van der Waals surface area contributed by atoms with Crippen molar-refractivity contribution in [2.45, 2.75) is 13.0 Å². The Morgan fingerprint density at radius 3 is 2.71 bits per heavy atom. The van der Waals surface area contributed by atoms with Crippen LogP contribution in [0.3, 0.4) is 0 Å². The number of anilines is 1. The van der Waals surface area contributed by atoms with Gasteiger partial charge in [0.25, 0.3) is 5.78 Å². The van der Waals surface area contributed by atoms with E-state index in [0.717, 1.165) is 4.88 Å². The van der Waals surface area contributed by atoms with Gasteiger partial charge in [-0.3, -0.25) is 14.5 Å². The molecule has 1 aromatic carbocycles. The molecule has 3 aromatic rings. The molecule has 1 atom stereocenters. The number of thiophene rings is 1. The van der Waals surface area contributed by atoms with Crippen molar-refractivity contribution in [1.82, 2.24) is 5.16 Å². The SMILES string of the molecule is COc1cccc(/C(O)=C2/C(=O)C(=O)N(c3cc(C)on3)[C@H]2c2cccs2)c1. The number of amides is 1. The van der Waals surface area contributed by atoms with Crippen LogP contribution in [0.2, 0.25) is 0 Å². The fourth-order valence-corrected chi connectivity index (χ4v) is 4.00. The number of aliphatic hydroxyl groups excluding tert-OH is 1. The smallest absolute Gasteiger partial charge is 0.301 e. The van der Waals surface area contributed by atoms with Crippen LogP contribution in [0.25, 0.3) is 5.76 Å². The number of nitrogens with zero attached hydrogens (tertiary/aromatic N) is 2. The maximum Gasteiger partial charge on any atom is 0.301 e. The predicted octanol–water partition coefficient (Wildman–Crippen LogP) is 3.68. The molecular formula is C20H16N2O5S. The van der Waals surface area contributed by atoms with Gasteiger partial charge in [-0.2, -0.15) is 0 Å². The van der Waals surface area contributed by atoms with Gasteiger partial charge in [0.1, 0.15) is 23.3 Å². The predicted molar refractivity (Wildman–Crippen MR) is 103 cm³/mol. The second-order valence-electron chi connectivity index (χ2n) is 6.21. The van der Waals surface area contributed by atoms with Crippen LogP contribution in [-0.2, 0) is 9.59 Å². The van der Waals surface area contributed by atoms with E-state index < -0.39 is 17.7 Å². The van der Waals surface area contributed by atoms with Crippen LogP contribution in [-0.4, -0.2) is 29.1 Å². The summed E-state index contributed by atoms with van der Waals surface area (Å²) >= 11 is 1.38. The fourth-order valence-electron chi connectivity index (χ4n) is 3.18. The molecule has 2 aromatic heterocycles. The maximum absolute atomic E-state index is 12.9. The molecule has 0 radical (unpaired) electrons. The molecule has 1 fully saturated rings. The Morgan fingerprint density at radius 1 is 1.25 bits per heavy atom. The van der Waals surface area contributed by atoms with Gasteiger partial charge in [-0.15, -0.1) is 11.3 Å². The van der Waals surface area contributed by atoms with Gasteiger partial charge < -0.3 is 14.4 Å². The largest absolute Gasteiger partial charge is 0.507 e. The number of hydrogen-bond donors (Lipinski definition) is 1. The lowest BCUT2D eigenvalue weighted by atomic mass is 10.00. The first-order valence-electron chi connectivity index (χ1n) is 8.43. The summed E-state index contributed by atoms with van der Waals surface area (Å²) in [5.41, 5.74) is 0.386. The van der Waals surface area contributed by atoms with Crippen molar-refractivity contribution in [3.63, 3.8) is 0 Å². The van der Waals surface area contributed by atoms with Crippen LogP contribution < -0.4 is 9.64 Å². The third-order valence-corrected chi connectivity index (χ3v) is 5.39. The first-order chi connectivity index (χ1) is 13.5. The average Bonchev–Trinajstić information content (AvgIpc) is 3.42. The summed E-state index contributed by atoms with van der Waals surface area (Å²) in [5, 5.41) is 16.7. The summed E-state index contributed by atoms with van der Waals surface area (Å²) in [7, 11) is 1.51. The van der Waals surface area contributed by atoms with E-state index in [4.69, 9.17) is 9.26 Å². The van der Waals surface area contributed by atoms with Crippen LogP contribution >= 0.6 is 11.3 Å². The number of ether oxygens (including phenoxy) is 1. The highest BCUT2D eigenvalue weighted by molar-refractivity contribution is 7.10. The Hall–Kier alpha value is -3.39. The summed E-state index contributed by atoms with van der Waals surface area (Å²) in [5.74, 6) is -0.552. The van der Waals surface area contributed by atoms with Gasteiger partial charge in [-0.1, -0.05) is 23.4 Å². The number of carbonyl (C=O) groups is 2. The molecule has 142 valence electrons. The Kier molecular flexibility index (Phi) is 4.48. The van der Waals surface area contributed by atoms with Gasteiger partial charge >= 0.3 is 5.91 Å². The van der Waals surface area contributed by atoms with Gasteiger partial charge in [0, 0.05) is 16.5 Å². The number of rotatable bonds is 4. The average molecular weight is 396 g/mol. The molecule has 0 unspecified atom stereocenters. The number of aliphatic hydroxyl groups is 1. The molecule has 8 heteroatoms. The summed E-state index contributed by atoms with van der Waals surface area (Å²) in [6.45, 7) is 1.70. The first kappa shape index (κ1) is 18.0. The number of Topliss-reactive ketones (excluding diaryl/α,β-unsaturated/α-hetero) is 1. The molecule has 1 aliphatic rings. The molecule has 0 saturated carbocycles. The highest BCUT2D eigenvalue weighted by Gasteiger charge is 2.48. The van der Waals surface area contributed by atoms with E-state index >= 15 is 0 Å². The number of aryl methyl sites for hydroxylation is 1. The molecule has 1 aliphatic heterocycles. The molecule has 0 bridgehead atoms. The molecule has 3 heterocycles. The van der Waals surface area contributed by atoms with E-state index in [1.807, 2.05) is 11.4 Å². The van der Waals surface area contributed by atoms with E-state index in [-0.39, 0.29) is 17.2 Å². The minimum Gasteiger partial charge on any atom is -0.507 e. The zero-order valence-electron chi connectivity index (χ0n) is 15.1. The molecule has 4 rings (SSSR count).